The van der Waals surface area contributed by atoms with Crippen molar-refractivity contribution in [1.82, 2.24) is 0 Å². The molecule has 1 aromatic heterocycles. The Morgan fingerprint density at radius 1 is 0.415 bits per heavy atom. The predicted molar refractivity (Wildman–Crippen MR) is 279 cm³/mol. The molecule has 320 valence electrons. The Bertz CT molecular complexity index is 3340. The Morgan fingerprint density at radius 2 is 1.03 bits per heavy atom. The van der Waals surface area contributed by atoms with Crippen LogP contribution in [0.2, 0.25) is 0 Å². The Morgan fingerprint density at radius 3 is 1.74 bits per heavy atom. The monoisotopic (exact) mass is 844 g/mol. The van der Waals surface area contributed by atoms with Gasteiger partial charge in [-0.2, -0.15) is 0 Å². The zero-order valence-electron chi connectivity index (χ0n) is 39.5. The van der Waals surface area contributed by atoms with Crippen molar-refractivity contribution in [3.63, 3.8) is 0 Å². The minimum Gasteiger partial charge on any atom is -0.456 e. The molecule has 0 aliphatic carbocycles. The van der Waals surface area contributed by atoms with Gasteiger partial charge in [0.05, 0.1) is 0 Å². The molecule has 65 heavy (non-hydrogen) atoms. The molecule has 0 atom stereocenters. The van der Waals surface area contributed by atoms with Gasteiger partial charge in [0.15, 0.2) is 0 Å². The molecule has 8 aromatic carbocycles. The summed E-state index contributed by atoms with van der Waals surface area (Å²) >= 11 is 0. The molecule has 0 amide bonds. The van der Waals surface area contributed by atoms with Crippen LogP contribution in [0, 0.1) is 6.92 Å². The lowest BCUT2D eigenvalue weighted by Crippen LogP contribution is -2.61. The molecule has 0 radical (unpaired) electrons. The van der Waals surface area contributed by atoms with Gasteiger partial charge >= 0.3 is 0 Å². The molecular formula is C61H57BN2O. The number of hydrogen-bond acceptors (Lipinski definition) is 3. The van der Waals surface area contributed by atoms with E-state index in [4.69, 9.17) is 4.42 Å². The van der Waals surface area contributed by atoms with E-state index in [2.05, 4.69) is 231 Å². The van der Waals surface area contributed by atoms with Crippen molar-refractivity contribution >= 4 is 79.2 Å². The highest BCUT2D eigenvalue weighted by molar-refractivity contribution is 7.00. The SMILES string of the molecule is Cc1cc2c3c(c1)N(c1ccc(-c4ccc5oc6ccccc6c5c4)cc1)c1cc(C(C)(C)C)ccc1B3c1cc(C(C)(C)C)ccc1N2c1ccc(C(C)(C)C)c(-c2ccccc2)c1. The average molecular weight is 845 g/mol. The van der Waals surface area contributed by atoms with Crippen molar-refractivity contribution < 1.29 is 4.42 Å². The van der Waals surface area contributed by atoms with Gasteiger partial charge in [-0.1, -0.05) is 159 Å². The normalized spacial score (nSPS) is 13.6. The van der Waals surface area contributed by atoms with Gasteiger partial charge in [-0.3, -0.25) is 0 Å². The van der Waals surface area contributed by atoms with E-state index in [1.54, 1.807) is 0 Å². The van der Waals surface area contributed by atoms with Gasteiger partial charge in [0, 0.05) is 44.9 Å². The Labute approximate surface area is 385 Å². The third-order valence-corrected chi connectivity index (χ3v) is 13.9. The molecule has 0 fully saturated rings. The van der Waals surface area contributed by atoms with Gasteiger partial charge in [0.1, 0.15) is 11.2 Å². The van der Waals surface area contributed by atoms with Crippen molar-refractivity contribution in [3.8, 4) is 22.3 Å². The number of rotatable bonds is 4. The summed E-state index contributed by atoms with van der Waals surface area (Å²) < 4.78 is 6.20. The first-order valence-electron chi connectivity index (χ1n) is 23.3. The summed E-state index contributed by atoms with van der Waals surface area (Å²) in [5.74, 6) is 0. The summed E-state index contributed by atoms with van der Waals surface area (Å²) in [5.41, 5.74) is 23.1. The maximum atomic E-state index is 6.20. The van der Waals surface area contributed by atoms with Crippen LogP contribution in [0.25, 0.3) is 44.2 Å². The lowest BCUT2D eigenvalue weighted by atomic mass is 9.33. The smallest absolute Gasteiger partial charge is 0.252 e. The Kier molecular flexibility index (Phi) is 9.22. The van der Waals surface area contributed by atoms with Crippen LogP contribution < -0.4 is 26.2 Å². The highest BCUT2D eigenvalue weighted by Crippen LogP contribution is 2.47. The predicted octanol–water partition coefficient (Wildman–Crippen LogP) is 15.2. The number of nitrogens with zero attached hydrogens (tertiary/aromatic N) is 2. The third-order valence-electron chi connectivity index (χ3n) is 13.9. The van der Waals surface area contributed by atoms with Crippen LogP contribution in [0.15, 0.2) is 168 Å². The summed E-state index contributed by atoms with van der Waals surface area (Å²) in [6.07, 6.45) is 0. The summed E-state index contributed by atoms with van der Waals surface area (Å²) in [7, 11) is 0. The van der Waals surface area contributed by atoms with E-state index < -0.39 is 0 Å². The fourth-order valence-corrected chi connectivity index (χ4v) is 10.5. The van der Waals surface area contributed by atoms with E-state index in [-0.39, 0.29) is 23.0 Å². The average Bonchev–Trinajstić information content (AvgIpc) is 3.66. The van der Waals surface area contributed by atoms with E-state index in [1.807, 2.05) is 12.1 Å². The van der Waals surface area contributed by atoms with Gasteiger partial charge in [-0.05, 0) is 151 Å². The maximum absolute atomic E-state index is 6.20. The second-order valence-corrected chi connectivity index (χ2v) is 21.6. The molecule has 0 bridgehead atoms. The topological polar surface area (TPSA) is 19.6 Å². The van der Waals surface area contributed by atoms with Crippen LogP contribution in [0.1, 0.15) is 84.6 Å². The summed E-state index contributed by atoms with van der Waals surface area (Å²) in [6, 6.07) is 61.6. The Balaban J connectivity index is 1.14. The minimum atomic E-state index is -0.0369. The molecule has 0 saturated heterocycles. The second kappa shape index (κ2) is 14.6. The lowest BCUT2D eigenvalue weighted by Gasteiger charge is -2.45. The number of furan rings is 1. The molecule has 2 aliphatic rings. The van der Waals surface area contributed by atoms with Gasteiger partial charge in [-0.15, -0.1) is 0 Å². The van der Waals surface area contributed by atoms with Gasteiger partial charge < -0.3 is 14.2 Å². The molecule has 0 N–H and O–H groups in total. The number of para-hydroxylation sites is 1. The van der Waals surface area contributed by atoms with Crippen LogP contribution in [0.5, 0.6) is 0 Å². The molecule has 9 aromatic rings. The Hall–Kier alpha value is -6.78. The van der Waals surface area contributed by atoms with Crippen LogP contribution in [0.4, 0.5) is 34.1 Å². The number of anilines is 6. The number of fused-ring (bicyclic) bond motifs is 7. The van der Waals surface area contributed by atoms with E-state index in [0.717, 1.165) is 27.6 Å². The van der Waals surface area contributed by atoms with Crippen molar-refractivity contribution in [2.24, 2.45) is 0 Å². The molecule has 2 aliphatic heterocycles. The molecule has 4 heteroatoms. The largest absolute Gasteiger partial charge is 0.456 e. The van der Waals surface area contributed by atoms with Crippen molar-refractivity contribution in [2.45, 2.75) is 85.5 Å². The molecule has 0 saturated carbocycles. The molecule has 3 nitrogen and oxygen atoms in total. The van der Waals surface area contributed by atoms with Gasteiger partial charge in [0.2, 0.25) is 0 Å². The number of hydrogen-bond donors (Lipinski definition) is 0. The lowest BCUT2D eigenvalue weighted by molar-refractivity contribution is 0.590. The highest BCUT2D eigenvalue weighted by atomic mass is 16.3. The third kappa shape index (κ3) is 6.80. The molecule has 3 heterocycles. The maximum Gasteiger partial charge on any atom is 0.252 e. The van der Waals surface area contributed by atoms with Crippen LogP contribution >= 0.6 is 0 Å². The number of aryl methyl sites for hydroxylation is 1. The van der Waals surface area contributed by atoms with E-state index in [9.17, 15) is 0 Å². The highest BCUT2D eigenvalue weighted by Gasteiger charge is 2.44. The second-order valence-electron chi connectivity index (χ2n) is 21.6. The van der Waals surface area contributed by atoms with Gasteiger partial charge in [0.25, 0.3) is 6.71 Å². The van der Waals surface area contributed by atoms with Gasteiger partial charge in [-0.25, -0.2) is 0 Å². The first-order valence-corrected chi connectivity index (χ1v) is 23.3. The molecule has 11 rings (SSSR count). The van der Waals surface area contributed by atoms with E-state index in [1.165, 1.54) is 89.3 Å². The standard InChI is InChI=1S/C61H57BN2O/c1-38-32-54-58-55(33-38)64(45-27-28-49(61(8,9)10)47(37-45)40-16-12-11-13-17-40)52-30-24-42(59(2,3)4)35-51(52)62(58)50-29-23-43(60(5,6)7)36-53(50)63(54)44-25-20-39(21-26-44)41-22-31-57-48(34-41)46-18-14-15-19-56(46)65-57/h11-37H,1-10H3. The van der Waals surface area contributed by atoms with Crippen LogP contribution in [0.3, 0.4) is 0 Å². The minimum absolute atomic E-state index is 0.0261. The quantitative estimate of drug-likeness (QED) is 0.165. The molecule has 0 unspecified atom stereocenters. The van der Waals surface area contributed by atoms with Crippen molar-refractivity contribution in [1.29, 1.82) is 0 Å². The first kappa shape index (κ1) is 41.0. The zero-order valence-corrected chi connectivity index (χ0v) is 39.5. The van der Waals surface area contributed by atoms with Crippen molar-refractivity contribution in [2.75, 3.05) is 9.80 Å². The first-order chi connectivity index (χ1) is 31.0. The van der Waals surface area contributed by atoms with E-state index in [0.29, 0.717) is 0 Å². The van der Waals surface area contributed by atoms with Crippen LogP contribution in [-0.4, -0.2) is 6.71 Å². The molecular weight excluding hydrogens is 787 g/mol. The van der Waals surface area contributed by atoms with Crippen LogP contribution in [-0.2, 0) is 16.2 Å². The summed E-state index contributed by atoms with van der Waals surface area (Å²) in [5, 5.41) is 2.29. The fourth-order valence-electron chi connectivity index (χ4n) is 10.5. The number of benzene rings is 8. The van der Waals surface area contributed by atoms with Crippen molar-refractivity contribution in [3.05, 3.63) is 186 Å². The zero-order chi connectivity index (χ0) is 45.2. The summed E-state index contributed by atoms with van der Waals surface area (Å²) in [6.45, 7) is 23.2. The molecule has 0 spiro atoms. The fraction of sp³-hybridized carbons (Fsp3) is 0.213. The van der Waals surface area contributed by atoms with E-state index >= 15 is 0 Å². The summed E-state index contributed by atoms with van der Waals surface area (Å²) in [4.78, 5) is 5.12.